The van der Waals surface area contributed by atoms with E-state index in [-0.39, 0.29) is 0 Å². The van der Waals surface area contributed by atoms with Crippen molar-refractivity contribution in [2.75, 3.05) is 5.75 Å². The lowest BCUT2D eigenvalue weighted by molar-refractivity contribution is -0.356. The first kappa shape index (κ1) is 18.3. The Balaban J connectivity index is 3.40. The van der Waals surface area contributed by atoms with Crippen LogP contribution < -0.4 is 0 Å². The Bertz CT molecular complexity index is 615. The first-order valence-electron chi connectivity index (χ1n) is 5.03. The second-order valence-electron chi connectivity index (χ2n) is 3.89. The lowest BCUT2D eigenvalue weighted by Gasteiger charge is -2.36. The zero-order valence-corrected chi connectivity index (χ0v) is 10.9. The van der Waals surface area contributed by atoms with Crippen LogP contribution in [0.4, 0.5) is 26.3 Å². The van der Waals surface area contributed by atoms with Crippen molar-refractivity contribution < 1.29 is 53.3 Å². The van der Waals surface area contributed by atoms with Crippen LogP contribution in [0.5, 0.6) is 0 Å². The first-order chi connectivity index (χ1) is 9.70. The molecule has 1 rings (SSSR count). The van der Waals surface area contributed by atoms with E-state index in [9.17, 15) is 44.1 Å². The maximum absolute atomic E-state index is 12.8. The molecule has 0 aliphatic carbocycles. The van der Waals surface area contributed by atoms with Crippen LogP contribution in [0, 0.1) is 0 Å². The van der Waals surface area contributed by atoms with Gasteiger partial charge in [-0.15, -0.1) is 0 Å². The predicted molar refractivity (Wildman–Crippen MR) is 53.5 cm³/mol. The maximum atomic E-state index is 12.8. The highest BCUT2D eigenvalue weighted by Gasteiger charge is 2.75. The van der Waals surface area contributed by atoms with Gasteiger partial charge in [-0.3, -0.25) is 0 Å². The van der Waals surface area contributed by atoms with E-state index in [4.69, 9.17) is 0 Å². The molecule has 6 nitrogen and oxygen atoms in total. The van der Waals surface area contributed by atoms with E-state index in [0.29, 0.717) is 6.07 Å². The van der Waals surface area contributed by atoms with Crippen LogP contribution in [0.2, 0.25) is 0 Å². The normalized spacial score (nSPS) is 14.0. The molecule has 0 fully saturated rings. The SMILES string of the molecule is O=C(OC(CS(=O)(=O)[O-])(C(F)(F)F)C(F)(F)F)c1ccco1. The van der Waals surface area contributed by atoms with Gasteiger partial charge in [-0.05, 0) is 12.1 Å². The van der Waals surface area contributed by atoms with Crippen LogP contribution in [0.15, 0.2) is 22.8 Å². The fraction of sp³-hybridized carbons (Fsp3) is 0.444. The Morgan fingerprint density at radius 3 is 2.00 bits per heavy atom. The van der Waals surface area contributed by atoms with Crippen LogP contribution >= 0.6 is 0 Å². The standard InChI is InChI=1S/C9H6F6O6S/c10-8(11,12)7(9(13,14)15,4-22(17,18)19)21-6(16)5-2-1-3-20-5/h1-3H,4H2,(H,17,18,19)/p-1. The van der Waals surface area contributed by atoms with Crippen molar-refractivity contribution >= 4 is 16.1 Å². The number of carbonyl (C=O) groups excluding carboxylic acids is 1. The molecule has 1 heterocycles. The van der Waals surface area contributed by atoms with Gasteiger partial charge in [0.05, 0.1) is 22.1 Å². The molecule has 22 heavy (non-hydrogen) atoms. The van der Waals surface area contributed by atoms with Gasteiger partial charge in [-0.25, -0.2) is 13.2 Å². The average Bonchev–Trinajstić information content (AvgIpc) is 2.75. The second-order valence-corrected chi connectivity index (χ2v) is 5.30. The summed E-state index contributed by atoms with van der Waals surface area (Å²) >= 11 is 0. The topological polar surface area (TPSA) is 96.6 Å². The van der Waals surface area contributed by atoms with Gasteiger partial charge in [-0.2, -0.15) is 26.3 Å². The summed E-state index contributed by atoms with van der Waals surface area (Å²) in [5.41, 5.74) is -5.51. The van der Waals surface area contributed by atoms with Crippen LogP contribution in [0.3, 0.4) is 0 Å². The van der Waals surface area contributed by atoms with Crippen molar-refractivity contribution in [2.24, 2.45) is 0 Å². The van der Waals surface area contributed by atoms with Crippen molar-refractivity contribution in [3.05, 3.63) is 24.2 Å². The molecule has 0 saturated carbocycles. The van der Waals surface area contributed by atoms with Gasteiger partial charge in [0, 0.05) is 0 Å². The van der Waals surface area contributed by atoms with Crippen LogP contribution in [0.25, 0.3) is 0 Å². The summed E-state index contributed by atoms with van der Waals surface area (Å²) in [7, 11) is -6.06. The number of alkyl halides is 6. The molecule has 0 N–H and O–H groups in total. The van der Waals surface area contributed by atoms with Gasteiger partial charge < -0.3 is 13.7 Å². The van der Waals surface area contributed by atoms with Gasteiger partial charge >= 0.3 is 23.9 Å². The number of carbonyl (C=O) groups is 1. The Morgan fingerprint density at radius 1 is 1.18 bits per heavy atom. The molecule has 0 spiro atoms. The van der Waals surface area contributed by atoms with Crippen LogP contribution in [-0.2, 0) is 14.9 Å². The van der Waals surface area contributed by atoms with Gasteiger partial charge in [0.2, 0.25) is 5.76 Å². The van der Waals surface area contributed by atoms with E-state index < -0.39 is 45.6 Å². The molecule has 0 radical (unpaired) electrons. The van der Waals surface area contributed by atoms with Crippen molar-refractivity contribution in [1.82, 2.24) is 0 Å². The third-order valence-corrected chi connectivity index (χ3v) is 3.05. The van der Waals surface area contributed by atoms with E-state index in [2.05, 4.69) is 9.15 Å². The second kappa shape index (κ2) is 5.46. The third-order valence-electron chi connectivity index (χ3n) is 2.29. The van der Waals surface area contributed by atoms with Crippen LogP contribution in [0.1, 0.15) is 10.6 Å². The molecular weight excluding hydrogens is 350 g/mol. The summed E-state index contributed by atoms with van der Waals surface area (Å²) in [6.45, 7) is 0. The fourth-order valence-corrected chi connectivity index (χ4v) is 2.21. The molecule has 0 bridgehead atoms. The molecule has 0 amide bonds. The predicted octanol–water partition coefficient (Wildman–Crippen LogP) is 1.85. The van der Waals surface area contributed by atoms with E-state index in [1.54, 1.807) is 0 Å². The summed E-state index contributed by atoms with van der Waals surface area (Å²) < 4.78 is 116. The minimum Gasteiger partial charge on any atom is -0.748 e. The molecular formula is C9H5F6O6S-. The molecule has 1 aromatic rings. The van der Waals surface area contributed by atoms with E-state index >= 15 is 0 Å². The number of hydrogen-bond acceptors (Lipinski definition) is 6. The lowest BCUT2D eigenvalue weighted by atomic mass is 10.1. The van der Waals surface area contributed by atoms with Crippen molar-refractivity contribution in [3.8, 4) is 0 Å². The van der Waals surface area contributed by atoms with Crippen molar-refractivity contribution in [3.63, 3.8) is 0 Å². The third kappa shape index (κ3) is 3.71. The van der Waals surface area contributed by atoms with Gasteiger partial charge in [0.15, 0.2) is 0 Å². The number of furan rings is 1. The molecule has 126 valence electrons. The number of hydrogen-bond donors (Lipinski definition) is 0. The Kier molecular flexibility index (Phi) is 4.54. The van der Waals surface area contributed by atoms with E-state index in [0.717, 1.165) is 12.3 Å². The van der Waals surface area contributed by atoms with Gasteiger partial charge in [-0.1, -0.05) is 0 Å². The number of halogens is 6. The Morgan fingerprint density at radius 2 is 1.68 bits per heavy atom. The van der Waals surface area contributed by atoms with E-state index in [1.807, 2.05) is 0 Å². The minimum atomic E-state index is -6.41. The highest BCUT2D eigenvalue weighted by molar-refractivity contribution is 7.85. The molecule has 0 aromatic carbocycles. The zero-order chi connectivity index (χ0) is 17.4. The fourth-order valence-electron chi connectivity index (χ4n) is 1.32. The molecule has 13 heteroatoms. The van der Waals surface area contributed by atoms with Crippen molar-refractivity contribution in [1.29, 1.82) is 0 Å². The number of ether oxygens (including phenoxy) is 1. The quantitative estimate of drug-likeness (QED) is 0.465. The number of esters is 1. The summed E-state index contributed by atoms with van der Waals surface area (Å²) in [6.07, 6.45) is -12.1. The Labute approximate surface area is 118 Å². The minimum absolute atomic E-state index is 0.686. The summed E-state index contributed by atoms with van der Waals surface area (Å²) in [4.78, 5) is 11.3. The summed E-state index contributed by atoms with van der Waals surface area (Å²) in [5.74, 6) is -6.33. The summed E-state index contributed by atoms with van der Waals surface area (Å²) in [5, 5.41) is 0. The zero-order valence-electron chi connectivity index (χ0n) is 10.1. The smallest absolute Gasteiger partial charge is 0.438 e. The molecule has 0 atom stereocenters. The first-order valence-corrected chi connectivity index (χ1v) is 6.61. The van der Waals surface area contributed by atoms with Gasteiger partial charge in [0.1, 0.15) is 0 Å². The molecule has 1 aromatic heterocycles. The molecule has 0 saturated heterocycles. The highest BCUT2D eigenvalue weighted by atomic mass is 32.2. The largest absolute Gasteiger partial charge is 0.748 e. The molecule has 0 aliphatic heterocycles. The molecule has 0 aliphatic rings. The molecule has 0 unspecified atom stereocenters. The maximum Gasteiger partial charge on any atom is 0.438 e. The van der Waals surface area contributed by atoms with Crippen LogP contribution in [-0.4, -0.2) is 42.6 Å². The average molecular weight is 355 g/mol. The highest BCUT2D eigenvalue weighted by Crippen LogP contribution is 2.47. The van der Waals surface area contributed by atoms with Crippen molar-refractivity contribution in [2.45, 2.75) is 18.0 Å². The van der Waals surface area contributed by atoms with E-state index in [1.165, 1.54) is 0 Å². The monoisotopic (exact) mass is 355 g/mol. The summed E-state index contributed by atoms with van der Waals surface area (Å²) in [6, 6.07) is 1.65. The van der Waals surface area contributed by atoms with Gasteiger partial charge in [0.25, 0.3) is 0 Å². The Hall–Kier alpha value is -1.76. The lowest BCUT2D eigenvalue weighted by Crippen LogP contribution is -2.63. The number of rotatable bonds is 4.